The molecule has 0 saturated heterocycles. The molecule has 7 heteroatoms. The molecule has 0 fully saturated rings. The van der Waals surface area contributed by atoms with Gasteiger partial charge in [0.05, 0.1) is 20.3 Å². The van der Waals surface area contributed by atoms with E-state index in [9.17, 15) is 9.59 Å². The highest BCUT2D eigenvalue weighted by atomic mass is 79.9. The van der Waals surface area contributed by atoms with E-state index < -0.39 is 0 Å². The quantitative estimate of drug-likeness (QED) is 0.717. The number of nitrogens with one attached hydrogen (secondary N) is 1. The Morgan fingerprint density at radius 2 is 1.89 bits per heavy atom. The molecule has 0 bridgehead atoms. The van der Waals surface area contributed by atoms with E-state index in [1.54, 1.807) is 25.2 Å². The standard InChI is InChI=1S/C20H23BrN2O4/c1-5-27-17-9-6-14(11-18(17)26-4)20(25)23(3)12-19(24)22-16-8-7-15(21)10-13(16)2/h6-11H,5,12H2,1-4H3,(H,22,24). The van der Waals surface area contributed by atoms with Gasteiger partial charge in [-0.15, -0.1) is 0 Å². The Morgan fingerprint density at radius 3 is 2.52 bits per heavy atom. The highest BCUT2D eigenvalue weighted by Crippen LogP contribution is 2.28. The second-order valence-corrected chi connectivity index (χ2v) is 6.88. The molecule has 0 spiro atoms. The van der Waals surface area contributed by atoms with Crippen molar-refractivity contribution in [1.82, 2.24) is 4.90 Å². The summed E-state index contributed by atoms with van der Waals surface area (Å²) < 4.78 is 11.7. The predicted octanol–water partition coefficient (Wildman–Crippen LogP) is 3.88. The molecular formula is C20H23BrN2O4. The molecule has 1 N–H and O–H groups in total. The Labute approximate surface area is 167 Å². The summed E-state index contributed by atoms with van der Waals surface area (Å²) in [4.78, 5) is 26.3. The first-order valence-corrected chi connectivity index (χ1v) is 9.27. The number of ether oxygens (including phenoxy) is 2. The fraction of sp³-hybridized carbons (Fsp3) is 0.300. The number of aryl methyl sites for hydroxylation is 1. The van der Waals surface area contributed by atoms with E-state index in [1.165, 1.54) is 12.0 Å². The topological polar surface area (TPSA) is 67.9 Å². The van der Waals surface area contributed by atoms with Crippen molar-refractivity contribution in [3.8, 4) is 11.5 Å². The summed E-state index contributed by atoms with van der Waals surface area (Å²) in [6.07, 6.45) is 0. The Balaban J connectivity index is 2.05. The first kappa shape index (κ1) is 20.8. The van der Waals surface area contributed by atoms with Crippen LogP contribution in [0.2, 0.25) is 0 Å². The van der Waals surface area contributed by atoms with Crippen LogP contribution in [-0.2, 0) is 4.79 Å². The van der Waals surface area contributed by atoms with Gasteiger partial charge in [-0.2, -0.15) is 0 Å². The second-order valence-electron chi connectivity index (χ2n) is 5.97. The molecule has 2 rings (SSSR count). The summed E-state index contributed by atoms with van der Waals surface area (Å²) in [7, 11) is 3.10. The van der Waals surface area contributed by atoms with Crippen LogP contribution in [0.3, 0.4) is 0 Å². The fourth-order valence-electron chi connectivity index (χ4n) is 2.54. The lowest BCUT2D eigenvalue weighted by atomic mass is 10.1. The maximum atomic E-state index is 12.6. The minimum Gasteiger partial charge on any atom is -0.493 e. The van der Waals surface area contributed by atoms with Crippen LogP contribution in [0.25, 0.3) is 0 Å². The van der Waals surface area contributed by atoms with Crippen molar-refractivity contribution in [2.75, 3.05) is 32.6 Å². The van der Waals surface area contributed by atoms with Gasteiger partial charge in [-0.3, -0.25) is 9.59 Å². The van der Waals surface area contributed by atoms with Crippen LogP contribution >= 0.6 is 15.9 Å². The third-order valence-electron chi connectivity index (χ3n) is 3.90. The summed E-state index contributed by atoms with van der Waals surface area (Å²) in [6.45, 7) is 4.21. The van der Waals surface area contributed by atoms with Gasteiger partial charge < -0.3 is 19.7 Å². The lowest BCUT2D eigenvalue weighted by molar-refractivity contribution is -0.116. The first-order chi connectivity index (χ1) is 12.8. The van der Waals surface area contributed by atoms with E-state index in [2.05, 4.69) is 21.2 Å². The molecule has 2 amide bonds. The average Bonchev–Trinajstić information content (AvgIpc) is 2.64. The number of benzene rings is 2. The Kier molecular flexibility index (Phi) is 7.24. The van der Waals surface area contributed by atoms with Gasteiger partial charge in [0.2, 0.25) is 5.91 Å². The number of halogens is 1. The van der Waals surface area contributed by atoms with E-state index in [4.69, 9.17) is 9.47 Å². The largest absolute Gasteiger partial charge is 0.493 e. The number of hydrogen-bond donors (Lipinski definition) is 1. The maximum absolute atomic E-state index is 12.6. The molecule has 27 heavy (non-hydrogen) atoms. The van der Waals surface area contributed by atoms with Crippen molar-refractivity contribution in [1.29, 1.82) is 0 Å². The third-order valence-corrected chi connectivity index (χ3v) is 4.39. The summed E-state index contributed by atoms with van der Waals surface area (Å²) in [6, 6.07) is 10.5. The second kappa shape index (κ2) is 9.41. The molecule has 6 nitrogen and oxygen atoms in total. The van der Waals surface area contributed by atoms with Crippen molar-refractivity contribution in [2.45, 2.75) is 13.8 Å². The zero-order chi connectivity index (χ0) is 20.0. The van der Waals surface area contributed by atoms with Crippen LogP contribution in [0.5, 0.6) is 11.5 Å². The van der Waals surface area contributed by atoms with Crippen LogP contribution in [0, 0.1) is 6.92 Å². The molecule has 0 aliphatic rings. The van der Waals surface area contributed by atoms with E-state index in [1.807, 2.05) is 32.0 Å². The smallest absolute Gasteiger partial charge is 0.254 e. The van der Waals surface area contributed by atoms with Gasteiger partial charge in [0.15, 0.2) is 11.5 Å². The van der Waals surface area contributed by atoms with E-state index in [-0.39, 0.29) is 18.4 Å². The SMILES string of the molecule is CCOc1ccc(C(=O)N(C)CC(=O)Nc2ccc(Br)cc2C)cc1OC. The normalized spacial score (nSPS) is 10.3. The molecule has 0 heterocycles. The van der Waals surface area contributed by atoms with E-state index >= 15 is 0 Å². The highest BCUT2D eigenvalue weighted by molar-refractivity contribution is 9.10. The number of carbonyl (C=O) groups is 2. The molecule has 2 aromatic rings. The number of likely N-dealkylation sites (N-methyl/N-ethyl adjacent to an activating group) is 1. The summed E-state index contributed by atoms with van der Waals surface area (Å²) in [5, 5.41) is 2.82. The van der Waals surface area contributed by atoms with Gasteiger partial charge in [-0.05, 0) is 55.8 Å². The first-order valence-electron chi connectivity index (χ1n) is 8.48. The van der Waals surface area contributed by atoms with E-state index in [0.29, 0.717) is 29.4 Å². The van der Waals surface area contributed by atoms with Gasteiger partial charge in [0.1, 0.15) is 0 Å². The molecule has 0 aliphatic carbocycles. The third kappa shape index (κ3) is 5.47. The number of rotatable bonds is 7. The molecule has 0 radical (unpaired) electrons. The molecule has 0 aromatic heterocycles. The van der Waals surface area contributed by atoms with Crippen LogP contribution in [-0.4, -0.2) is 44.0 Å². The zero-order valence-electron chi connectivity index (χ0n) is 15.8. The van der Waals surface area contributed by atoms with Gasteiger partial charge in [0.25, 0.3) is 5.91 Å². The number of methoxy groups -OCH3 is 1. The van der Waals surface area contributed by atoms with Crippen molar-refractivity contribution >= 4 is 33.4 Å². The van der Waals surface area contributed by atoms with E-state index in [0.717, 1.165) is 10.0 Å². The molecule has 144 valence electrons. The van der Waals surface area contributed by atoms with Crippen molar-refractivity contribution in [3.63, 3.8) is 0 Å². The van der Waals surface area contributed by atoms with Crippen LogP contribution < -0.4 is 14.8 Å². The minimum absolute atomic E-state index is 0.0656. The Bertz CT molecular complexity index is 839. The van der Waals surface area contributed by atoms with Gasteiger partial charge in [0, 0.05) is 22.8 Å². The average molecular weight is 435 g/mol. The molecule has 0 atom stereocenters. The number of anilines is 1. The Morgan fingerprint density at radius 1 is 1.15 bits per heavy atom. The lowest BCUT2D eigenvalue weighted by Crippen LogP contribution is -2.35. The summed E-state index contributed by atoms with van der Waals surface area (Å²) in [5.41, 5.74) is 2.07. The maximum Gasteiger partial charge on any atom is 0.254 e. The minimum atomic E-state index is -0.279. The predicted molar refractivity (Wildman–Crippen MR) is 109 cm³/mol. The van der Waals surface area contributed by atoms with Gasteiger partial charge >= 0.3 is 0 Å². The van der Waals surface area contributed by atoms with Crippen LogP contribution in [0.15, 0.2) is 40.9 Å². The number of amides is 2. The highest BCUT2D eigenvalue weighted by Gasteiger charge is 2.17. The van der Waals surface area contributed by atoms with Crippen LogP contribution in [0.4, 0.5) is 5.69 Å². The van der Waals surface area contributed by atoms with Crippen LogP contribution in [0.1, 0.15) is 22.8 Å². The molecule has 0 unspecified atom stereocenters. The van der Waals surface area contributed by atoms with Gasteiger partial charge in [-0.25, -0.2) is 0 Å². The summed E-state index contributed by atoms with van der Waals surface area (Å²) in [5.74, 6) is 0.502. The molecule has 2 aromatic carbocycles. The fourth-order valence-corrected chi connectivity index (χ4v) is 3.02. The number of carbonyl (C=O) groups excluding carboxylic acids is 2. The van der Waals surface area contributed by atoms with Gasteiger partial charge in [-0.1, -0.05) is 15.9 Å². The zero-order valence-corrected chi connectivity index (χ0v) is 17.4. The summed E-state index contributed by atoms with van der Waals surface area (Å²) >= 11 is 3.39. The lowest BCUT2D eigenvalue weighted by Gasteiger charge is -2.18. The van der Waals surface area contributed by atoms with Crippen molar-refractivity contribution in [2.24, 2.45) is 0 Å². The molecule has 0 aliphatic heterocycles. The molecular weight excluding hydrogens is 412 g/mol. The Hall–Kier alpha value is -2.54. The number of hydrogen-bond acceptors (Lipinski definition) is 4. The van der Waals surface area contributed by atoms with Crippen molar-refractivity contribution < 1.29 is 19.1 Å². The molecule has 0 saturated carbocycles. The number of nitrogens with zero attached hydrogens (tertiary/aromatic N) is 1. The monoisotopic (exact) mass is 434 g/mol. The van der Waals surface area contributed by atoms with Crippen molar-refractivity contribution in [3.05, 3.63) is 52.0 Å².